The smallest absolute Gasteiger partial charge is 0.256 e. The zero-order valence-electron chi connectivity index (χ0n) is 21.4. The Bertz CT molecular complexity index is 1450. The third-order valence-corrected chi connectivity index (χ3v) is 7.31. The summed E-state index contributed by atoms with van der Waals surface area (Å²) >= 11 is 13.1. The maximum absolute atomic E-state index is 13.0. The van der Waals surface area contributed by atoms with E-state index in [0.717, 1.165) is 18.8 Å². The number of aromatic amines is 1. The van der Waals surface area contributed by atoms with E-state index in [2.05, 4.69) is 44.6 Å². The van der Waals surface area contributed by atoms with Gasteiger partial charge in [-0.2, -0.15) is 5.10 Å². The lowest BCUT2D eigenvalue weighted by atomic mass is 10.1. The van der Waals surface area contributed by atoms with Crippen molar-refractivity contribution in [1.29, 1.82) is 0 Å². The van der Waals surface area contributed by atoms with Crippen molar-refractivity contribution in [2.24, 2.45) is 0 Å². The summed E-state index contributed by atoms with van der Waals surface area (Å²) in [7, 11) is 3.02. The Hall–Kier alpha value is -3.53. The number of fused-ring (bicyclic) bond motifs is 1. The van der Waals surface area contributed by atoms with Gasteiger partial charge in [0.1, 0.15) is 11.5 Å². The molecule has 0 aliphatic carbocycles. The fourth-order valence-electron chi connectivity index (χ4n) is 4.80. The average Bonchev–Trinajstić information content (AvgIpc) is 3.30. The van der Waals surface area contributed by atoms with Crippen LogP contribution in [-0.4, -0.2) is 60.5 Å². The summed E-state index contributed by atoms with van der Waals surface area (Å²) in [5, 5.41) is 14.9. The first kappa shape index (κ1) is 26.1. The zero-order chi connectivity index (χ0) is 27.0. The molecule has 0 unspecified atom stereocenters. The highest BCUT2D eigenvalue weighted by Gasteiger charge is 2.23. The highest BCUT2D eigenvalue weighted by molar-refractivity contribution is 6.41. The van der Waals surface area contributed by atoms with Crippen molar-refractivity contribution < 1.29 is 14.3 Å². The zero-order valence-corrected chi connectivity index (χ0v) is 22.9. The van der Waals surface area contributed by atoms with E-state index in [1.807, 2.05) is 24.3 Å². The lowest BCUT2D eigenvalue weighted by Gasteiger charge is -2.37. The first-order valence-electron chi connectivity index (χ1n) is 12.2. The number of rotatable bonds is 6. The number of nitrogens with one attached hydrogen (secondary N) is 3. The second kappa shape index (κ2) is 10.7. The van der Waals surface area contributed by atoms with Crippen LogP contribution >= 0.6 is 23.2 Å². The molecule has 11 heteroatoms. The summed E-state index contributed by atoms with van der Waals surface area (Å²) in [5.74, 6) is 0.932. The van der Waals surface area contributed by atoms with Crippen LogP contribution in [0, 0.1) is 0 Å². The van der Waals surface area contributed by atoms with E-state index < -0.39 is 0 Å². The van der Waals surface area contributed by atoms with Crippen molar-refractivity contribution in [3.8, 4) is 22.8 Å². The van der Waals surface area contributed by atoms with Crippen LogP contribution in [-0.2, 0) is 0 Å². The highest BCUT2D eigenvalue weighted by Crippen LogP contribution is 2.45. The molecular weight excluding hydrogens is 527 g/mol. The molecule has 2 aromatic carbocycles. The fourth-order valence-corrected chi connectivity index (χ4v) is 5.49. The number of aromatic nitrogens is 3. The van der Waals surface area contributed by atoms with Crippen molar-refractivity contribution in [2.75, 3.05) is 37.5 Å². The number of ether oxygens (including phenoxy) is 2. The van der Waals surface area contributed by atoms with Crippen LogP contribution < -0.4 is 25.0 Å². The van der Waals surface area contributed by atoms with Gasteiger partial charge in [0.25, 0.3) is 5.91 Å². The second-order valence-electron chi connectivity index (χ2n) is 9.35. The highest BCUT2D eigenvalue weighted by atomic mass is 35.5. The van der Waals surface area contributed by atoms with Gasteiger partial charge in [-0.3, -0.25) is 14.9 Å². The number of hydrogen-bond donors (Lipinski definition) is 3. The van der Waals surface area contributed by atoms with E-state index in [9.17, 15) is 4.79 Å². The van der Waals surface area contributed by atoms with Crippen molar-refractivity contribution >= 4 is 51.5 Å². The number of H-pyrrole nitrogens is 1. The van der Waals surface area contributed by atoms with Crippen LogP contribution in [0.3, 0.4) is 0 Å². The fraction of sp³-hybridized carbons (Fsp3) is 0.296. The topological polar surface area (TPSA) is 104 Å². The van der Waals surface area contributed by atoms with Crippen molar-refractivity contribution in [3.05, 3.63) is 58.2 Å². The van der Waals surface area contributed by atoms with Gasteiger partial charge in [-0.25, -0.2) is 0 Å². The quantitative estimate of drug-likeness (QED) is 0.293. The van der Waals surface area contributed by atoms with Gasteiger partial charge in [-0.1, -0.05) is 23.2 Å². The van der Waals surface area contributed by atoms with Gasteiger partial charge in [-0.05, 0) is 44.2 Å². The number of methoxy groups -OCH3 is 2. The molecule has 0 bridgehead atoms. The van der Waals surface area contributed by atoms with E-state index >= 15 is 0 Å². The summed E-state index contributed by atoms with van der Waals surface area (Å²) in [6.45, 7) is 6.19. The molecule has 3 N–H and O–H groups in total. The molecule has 1 amide bonds. The van der Waals surface area contributed by atoms with Gasteiger partial charge in [0.15, 0.2) is 5.82 Å². The molecule has 4 aromatic rings. The maximum atomic E-state index is 13.0. The summed E-state index contributed by atoms with van der Waals surface area (Å²) in [6, 6.07) is 11.8. The molecule has 1 fully saturated rings. The van der Waals surface area contributed by atoms with Crippen LogP contribution in [0.25, 0.3) is 22.2 Å². The predicted octanol–water partition coefficient (Wildman–Crippen LogP) is 5.39. The Morgan fingerprint density at radius 2 is 1.66 bits per heavy atom. The molecule has 5 rings (SSSR count). The number of nitrogens with zero attached hydrogens (tertiary/aromatic N) is 3. The monoisotopic (exact) mass is 554 g/mol. The number of benzene rings is 2. The molecule has 198 valence electrons. The minimum Gasteiger partial charge on any atom is -0.495 e. The third kappa shape index (κ3) is 4.97. The summed E-state index contributed by atoms with van der Waals surface area (Å²) in [4.78, 5) is 19.9. The first-order chi connectivity index (χ1) is 18.3. The van der Waals surface area contributed by atoms with Gasteiger partial charge < -0.3 is 25.0 Å². The van der Waals surface area contributed by atoms with Gasteiger partial charge in [0.2, 0.25) is 0 Å². The molecule has 3 heterocycles. The number of carbonyl (C=O) groups is 1. The minimum absolute atomic E-state index is 0.264. The van der Waals surface area contributed by atoms with E-state index in [0.29, 0.717) is 67.2 Å². The van der Waals surface area contributed by atoms with Crippen LogP contribution in [0.1, 0.15) is 24.2 Å². The van der Waals surface area contributed by atoms with Gasteiger partial charge in [0, 0.05) is 54.3 Å². The Balaban J connectivity index is 1.37. The number of pyridine rings is 1. The molecule has 38 heavy (non-hydrogen) atoms. The number of amides is 1. The number of halogens is 2. The number of piperazine rings is 1. The van der Waals surface area contributed by atoms with Crippen LogP contribution in [0.5, 0.6) is 11.5 Å². The van der Waals surface area contributed by atoms with Crippen molar-refractivity contribution in [3.63, 3.8) is 0 Å². The Labute approximate surface area is 230 Å². The van der Waals surface area contributed by atoms with Crippen LogP contribution in [0.15, 0.2) is 42.6 Å². The van der Waals surface area contributed by atoms with Crippen molar-refractivity contribution in [2.45, 2.75) is 25.9 Å². The van der Waals surface area contributed by atoms with Crippen LogP contribution in [0.4, 0.5) is 11.5 Å². The second-order valence-corrected chi connectivity index (χ2v) is 10.1. The predicted molar refractivity (Wildman–Crippen MR) is 151 cm³/mol. The maximum Gasteiger partial charge on any atom is 0.256 e. The Morgan fingerprint density at radius 1 is 1.03 bits per heavy atom. The van der Waals surface area contributed by atoms with Gasteiger partial charge in [0.05, 0.1) is 40.9 Å². The van der Waals surface area contributed by atoms with Crippen LogP contribution in [0.2, 0.25) is 10.0 Å². The van der Waals surface area contributed by atoms with Gasteiger partial charge in [-0.15, -0.1) is 0 Å². The molecule has 2 aromatic heterocycles. The van der Waals surface area contributed by atoms with E-state index in [-0.39, 0.29) is 5.91 Å². The van der Waals surface area contributed by atoms with Crippen molar-refractivity contribution in [1.82, 2.24) is 20.5 Å². The molecular formula is C27H28Cl2N6O3. The Kier molecular flexibility index (Phi) is 7.34. The molecule has 9 nitrogen and oxygen atoms in total. The Morgan fingerprint density at radius 3 is 2.26 bits per heavy atom. The normalized spacial score (nSPS) is 17.5. The molecule has 1 aliphatic heterocycles. The first-order valence-corrected chi connectivity index (χ1v) is 12.9. The number of anilines is 2. The van der Waals surface area contributed by atoms with E-state index in [4.69, 9.17) is 32.7 Å². The molecule has 1 saturated heterocycles. The summed E-state index contributed by atoms with van der Waals surface area (Å²) in [5.41, 5.74) is 3.25. The van der Waals surface area contributed by atoms with Gasteiger partial charge >= 0.3 is 0 Å². The number of carbonyl (C=O) groups excluding carboxylic acids is 1. The molecule has 0 saturated carbocycles. The van der Waals surface area contributed by atoms with E-state index in [1.54, 1.807) is 18.3 Å². The lowest BCUT2D eigenvalue weighted by Crippen LogP contribution is -2.54. The molecule has 0 spiro atoms. The van der Waals surface area contributed by atoms with E-state index in [1.165, 1.54) is 14.2 Å². The number of hydrogen-bond acceptors (Lipinski definition) is 7. The largest absolute Gasteiger partial charge is 0.495 e. The standard InChI is InChI=1S/C27H28Cl2N6O3/c1-14-12-35(13-15(2)31-14)17-7-5-16(6-8-17)27(36)32-26-18-11-30-20(9-19(18)33-34-26)23-24(28)21(37-3)10-22(38-4)25(23)29/h5-11,14-15,31H,12-13H2,1-4H3,(H2,32,33,34,36)/t14-,15+. The summed E-state index contributed by atoms with van der Waals surface area (Å²) < 4.78 is 10.7. The third-order valence-electron chi connectivity index (χ3n) is 6.56. The minimum atomic E-state index is -0.264. The average molecular weight is 555 g/mol. The lowest BCUT2D eigenvalue weighted by molar-refractivity contribution is 0.102. The molecule has 0 radical (unpaired) electrons. The molecule has 2 atom stereocenters. The molecule has 1 aliphatic rings. The summed E-state index contributed by atoms with van der Waals surface area (Å²) in [6.07, 6.45) is 1.61. The SMILES string of the molecule is COc1cc(OC)c(Cl)c(-c2cc3[nH]nc(NC(=O)c4ccc(N5C[C@@H](C)N[C@@H](C)C5)cc4)c3cn2)c1Cl.